The predicted octanol–water partition coefficient (Wildman–Crippen LogP) is 2.02. The van der Waals surface area contributed by atoms with Crippen LogP contribution in [-0.4, -0.2) is 52.5 Å². The Hall–Kier alpha value is -2.60. The molecule has 2 amide bonds. The maximum Gasteiger partial charge on any atom is 0.230 e. The van der Waals surface area contributed by atoms with Crippen LogP contribution < -0.4 is 5.32 Å². The van der Waals surface area contributed by atoms with Gasteiger partial charge in [0.05, 0.1) is 24.5 Å². The molecule has 1 spiro atoms. The van der Waals surface area contributed by atoms with Crippen molar-refractivity contribution in [2.75, 3.05) is 13.1 Å². The molecule has 0 radical (unpaired) electrons. The largest absolute Gasteiger partial charge is 0.361 e. The third-order valence-electron chi connectivity index (χ3n) is 6.24. The van der Waals surface area contributed by atoms with E-state index in [2.05, 4.69) is 22.4 Å². The van der Waals surface area contributed by atoms with Gasteiger partial charge in [0.2, 0.25) is 11.8 Å². The molecule has 2 fully saturated rings. The van der Waals surface area contributed by atoms with E-state index in [9.17, 15) is 9.59 Å². The number of rotatable bonds is 5. The number of hydrogen-bond acceptors (Lipinski definition) is 3. The van der Waals surface area contributed by atoms with Gasteiger partial charge in [-0.1, -0.05) is 30.4 Å². The first kappa shape index (κ1) is 17.5. The Balaban J connectivity index is 1.34. The molecule has 28 heavy (non-hydrogen) atoms. The van der Waals surface area contributed by atoms with Crippen molar-refractivity contribution in [2.24, 2.45) is 11.8 Å². The Labute approximate surface area is 163 Å². The highest BCUT2D eigenvalue weighted by atomic mass is 16.5. The lowest BCUT2D eigenvalue weighted by molar-refractivity contribution is -0.137. The van der Waals surface area contributed by atoms with Crippen molar-refractivity contribution < 1.29 is 14.3 Å². The highest BCUT2D eigenvalue weighted by Crippen LogP contribution is 2.51. The molecule has 146 valence electrons. The van der Waals surface area contributed by atoms with Crippen LogP contribution in [0.1, 0.15) is 19.4 Å². The molecule has 3 aliphatic rings. The Kier molecular flexibility index (Phi) is 3.88. The van der Waals surface area contributed by atoms with Crippen molar-refractivity contribution >= 4 is 22.7 Å². The van der Waals surface area contributed by atoms with Gasteiger partial charge >= 0.3 is 0 Å². The number of nitrogens with zero attached hydrogens (tertiary/aromatic N) is 1. The van der Waals surface area contributed by atoms with E-state index in [1.54, 1.807) is 0 Å². The predicted molar refractivity (Wildman–Crippen MR) is 106 cm³/mol. The molecule has 0 unspecified atom stereocenters. The zero-order valence-electron chi connectivity index (χ0n) is 16.1. The van der Waals surface area contributed by atoms with Gasteiger partial charge in [0.15, 0.2) is 0 Å². The quantitative estimate of drug-likeness (QED) is 0.781. The average molecular weight is 379 g/mol. The fourth-order valence-corrected chi connectivity index (χ4v) is 5.04. The van der Waals surface area contributed by atoms with Gasteiger partial charge < -0.3 is 19.9 Å². The molecule has 6 nitrogen and oxygen atoms in total. The number of aromatic amines is 1. The van der Waals surface area contributed by atoms with Gasteiger partial charge in [-0.05, 0) is 31.9 Å². The Morgan fingerprint density at radius 1 is 1.39 bits per heavy atom. The second kappa shape index (κ2) is 6.21. The van der Waals surface area contributed by atoms with Gasteiger partial charge in [-0.25, -0.2) is 0 Å². The van der Waals surface area contributed by atoms with E-state index in [4.69, 9.17) is 4.74 Å². The van der Waals surface area contributed by atoms with Crippen LogP contribution in [0, 0.1) is 11.8 Å². The van der Waals surface area contributed by atoms with Crippen LogP contribution in [0.5, 0.6) is 0 Å². The van der Waals surface area contributed by atoms with Crippen molar-refractivity contribution in [1.82, 2.24) is 15.2 Å². The summed E-state index contributed by atoms with van der Waals surface area (Å²) in [5, 5.41) is 4.15. The fraction of sp³-hybridized carbons (Fsp3) is 0.455. The number of para-hydroxylation sites is 1. The second-order valence-corrected chi connectivity index (χ2v) is 8.43. The first-order valence-electron chi connectivity index (χ1n) is 10.00. The number of aromatic nitrogens is 1. The second-order valence-electron chi connectivity index (χ2n) is 8.43. The maximum absolute atomic E-state index is 13.2. The van der Waals surface area contributed by atoms with Crippen molar-refractivity contribution in [3.63, 3.8) is 0 Å². The van der Waals surface area contributed by atoms with Crippen molar-refractivity contribution in [1.29, 1.82) is 0 Å². The van der Waals surface area contributed by atoms with Gasteiger partial charge in [0.25, 0.3) is 0 Å². The number of ether oxygens (including phenoxy) is 1. The van der Waals surface area contributed by atoms with Crippen LogP contribution in [0.3, 0.4) is 0 Å². The minimum Gasteiger partial charge on any atom is -0.361 e. The lowest BCUT2D eigenvalue weighted by Crippen LogP contribution is -2.45. The number of nitrogens with one attached hydrogen (secondary N) is 2. The van der Waals surface area contributed by atoms with E-state index in [1.165, 1.54) is 10.9 Å². The number of H-pyrrole nitrogens is 1. The topological polar surface area (TPSA) is 74.4 Å². The fourth-order valence-electron chi connectivity index (χ4n) is 5.04. The molecular formula is C22H25N3O3. The minimum atomic E-state index is -0.638. The molecule has 2 aromatic rings. The molecule has 2 N–H and O–H groups in total. The third kappa shape index (κ3) is 2.51. The SMILES string of the molecule is CC(C)NC(=O)[C@@H]1[C@H]2C=C[C@@]3(CN(CCc4c[nH]c5ccccc45)C(=O)[C@@H]13)O2. The standard InChI is InChI=1S/C22H25N3O3/c1-13(2)24-20(26)18-17-7-9-22(28-17)12-25(21(27)19(18)22)10-8-14-11-23-16-6-4-3-5-15(14)16/h3-7,9,11,13,17-19,23H,8,10,12H2,1-2H3,(H,24,26)/t17-,18-,19-,22+/m1/s1. The number of carbonyl (C=O) groups is 2. The van der Waals surface area contributed by atoms with E-state index in [0.29, 0.717) is 13.1 Å². The number of carbonyl (C=O) groups excluding carboxylic acids is 2. The Morgan fingerprint density at radius 2 is 2.21 bits per heavy atom. The lowest BCUT2D eigenvalue weighted by atomic mass is 9.76. The van der Waals surface area contributed by atoms with E-state index in [-0.39, 0.29) is 24.0 Å². The summed E-state index contributed by atoms with van der Waals surface area (Å²) in [5.74, 6) is -0.888. The maximum atomic E-state index is 13.2. The van der Waals surface area contributed by atoms with Gasteiger partial charge in [-0.15, -0.1) is 0 Å². The van der Waals surface area contributed by atoms with Crippen LogP contribution in [-0.2, 0) is 20.7 Å². The molecule has 4 heterocycles. The van der Waals surface area contributed by atoms with Gasteiger partial charge in [-0.2, -0.15) is 0 Å². The normalized spacial score (nSPS) is 30.6. The van der Waals surface area contributed by atoms with Gasteiger partial charge in [0, 0.05) is 29.7 Å². The van der Waals surface area contributed by atoms with E-state index in [1.807, 2.05) is 49.2 Å². The molecule has 1 aromatic carbocycles. The molecule has 3 aliphatic heterocycles. The third-order valence-corrected chi connectivity index (χ3v) is 6.24. The van der Waals surface area contributed by atoms with Crippen LogP contribution in [0.2, 0.25) is 0 Å². The van der Waals surface area contributed by atoms with E-state index in [0.717, 1.165) is 11.9 Å². The Bertz CT molecular complexity index is 978. The number of fused-ring (bicyclic) bond motifs is 2. The summed E-state index contributed by atoms with van der Waals surface area (Å²) in [6.07, 6.45) is 6.46. The number of benzene rings is 1. The van der Waals surface area contributed by atoms with Crippen LogP contribution in [0.4, 0.5) is 0 Å². The molecule has 0 saturated carbocycles. The first-order chi connectivity index (χ1) is 13.5. The minimum absolute atomic E-state index is 0.0376. The van der Waals surface area contributed by atoms with Crippen LogP contribution in [0.25, 0.3) is 10.9 Å². The van der Waals surface area contributed by atoms with Crippen molar-refractivity contribution in [3.8, 4) is 0 Å². The van der Waals surface area contributed by atoms with Gasteiger partial charge in [0.1, 0.15) is 5.60 Å². The lowest BCUT2D eigenvalue weighted by Gasteiger charge is -2.24. The average Bonchev–Trinajstić information content (AvgIpc) is 3.39. The van der Waals surface area contributed by atoms with E-state index < -0.39 is 17.4 Å². The summed E-state index contributed by atoms with van der Waals surface area (Å²) in [6.45, 7) is 5.01. The Morgan fingerprint density at radius 3 is 3.04 bits per heavy atom. The molecule has 4 atom stereocenters. The molecule has 2 bridgehead atoms. The van der Waals surface area contributed by atoms with Crippen molar-refractivity contribution in [2.45, 2.75) is 38.0 Å². The summed E-state index contributed by atoms with van der Waals surface area (Å²) in [6, 6.07) is 8.23. The summed E-state index contributed by atoms with van der Waals surface area (Å²) >= 11 is 0. The number of hydrogen-bond donors (Lipinski definition) is 2. The van der Waals surface area contributed by atoms with Crippen LogP contribution >= 0.6 is 0 Å². The van der Waals surface area contributed by atoms with Gasteiger partial charge in [-0.3, -0.25) is 9.59 Å². The zero-order valence-corrected chi connectivity index (χ0v) is 16.1. The van der Waals surface area contributed by atoms with E-state index >= 15 is 0 Å². The molecule has 1 aromatic heterocycles. The summed E-state index contributed by atoms with van der Waals surface area (Å²) in [5.41, 5.74) is 1.67. The molecule has 2 saturated heterocycles. The molecule has 6 heteroatoms. The number of amides is 2. The highest BCUT2D eigenvalue weighted by Gasteiger charge is 2.66. The summed E-state index contributed by atoms with van der Waals surface area (Å²) < 4.78 is 6.17. The summed E-state index contributed by atoms with van der Waals surface area (Å²) in [7, 11) is 0. The number of likely N-dealkylation sites (tertiary alicyclic amines) is 1. The first-order valence-corrected chi connectivity index (χ1v) is 10.00. The molecular weight excluding hydrogens is 354 g/mol. The monoisotopic (exact) mass is 379 g/mol. The smallest absolute Gasteiger partial charge is 0.230 e. The zero-order chi connectivity index (χ0) is 19.5. The van der Waals surface area contributed by atoms with Crippen LogP contribution in [0.15, 0.2) is 42.6 Å². The molecule has 0 aliphatic carbocycles. The highest BCUT2D eigenvalue weighted by molar-refractivity contribution is 5.93. The summed E-state index contributed by atoms with van der Waals surface area (Å²) in [4.78, 5) is 31.1. The molecule has 5 rings (SSSR count). The van der Waals surface area contributed by atoms with Crippen molar-refractivity contribution in [3.05, 3.63) is 48.2 Å².